The van der Waals surface area contributed by atoms with Crippen LogP contribution in [0.15, 0.2) is 36.8 Å². The van der Waals surface area contributed by atoms with Gasteiger partial charge in [0.25, 0.3) is 5.91 Å². The topological polar surface area (TPSA) is 83.2 Å². The average Bonchev–Trinajstić information content (AvgIpc) is 3.33. The lowest BCUT2D eigenvalue weighted by atomic mass is 10.3. The van der Waals surface area contributed by atoms with E-state index >= 15 is 0 Å². The molecule has 0 saturated carbocycles. The van der Waals surface area contributed by atoms with Crippen molar-refractivity contribution in [3.05, 3.63) is 42.5 Å². The third-order valence-electron chi connectivity index (χ3n) is 3.65. The zero-order valence-electron chi connectivity index (χ0n) is 13.9. The lowest BCUT2D eigenvalue weighted by Gasteiger charge is -2.07. The van der Waals surface area contributed by atoms with Crippen molar-refractivity contribution in [2.24, 2.45) is 0 Å². The molecule has 1 aromatic heterocycles. The Labute approximate surface area is 141 Å². The van der Waals surface area contributed by atoms with Crippen LogP contribution in [0.4, 0.5) is 0 Å². The van der Waals surface area contributed by atoms with E-state index in [-0.39, 0.29) is 5.91 Å². The minimum Gasteiger partial charge on any atom is -0.495 e. The van der Waals surface area contributed by atoms with Gasteiger partial charge in [0.1, 0.15) is 17.8 Å². The highest BCUT2D eigenvalue weighted by atomic mass is 16.5. The minimum atomic E-state index is -0.210. The number of nitriles is 1. The number of aromatic nitrogens is 2. The molecule has 0 radical (unpaired) electrons. The molecule has 1 N–H and O–H groups in total. The fourth-order valence-electron chi connectivity index (χ4n) is 2.36. The molecule has 0 bridgehead atoms. The summed E-state index contributed by atoms with van der Waals surface area (Å²) in [6, 6.07) is 7.54. The molecule has 3 rings (SSSR count). The Morgan fingerprint density at radius 1 is 1.33 bits per heavy atom. The van der Waals surface area contributed by atoms with E-state index in [4.69, 9.17) is 10.00 Å². The number of nitrogens with one attached hydrogen (secondary N) is 1. The number of hydrogen-bond donors (Lipinski definition) is 1. The van der Waals surface area contributed by atoms with Crippen LogP contribution in [0.2, 0.25) is 0 Å². The summed E-state index contributed by atoms with van der Waals surface area (Å²) in [6.07, 6.45) is 7.75. The van der Waals surface area contributed by atoms with Crippen molar-refractivity contribution in [1.29, 1.82) is 5.26 Å². The van der Waals surface area contributed by atoms with Gasteiger partial charge in [0.2, 0.25) is 0 Å². The third kappa shape index (κ3) is 4.26. The molecule has 7 heteroatoms. The number of benzene rings is 1. The van der Waals surface area contributed by atoms with E-state index in [1.165, 1.54) is 12.8 Å². The van der Waals surface area contributed by atoms with Crippen LogP contribution in [-0.2, 0) is 0 Å². The summed E-state index contributed by atoms with van der Waals surface area (Å²) in [6.45, 7) is 1.97. The summed E-state index contributed by atoms with van der Waals surface area (Å²) in [5.41, 5.74) is 1.22. The van der Waals surface area contributed by atoms with Gasteiger partial charge in [-0.3, -0.25) is 4.79 Å². The lowest BCUT2D eigenvalue weighted by molar-refractivity contribution is 0.0958. The van der Waals surface area contributed by atoms with Crippen molar-refractivity contribution in [2.45, 2.75) is 12.8 Å². The van der Waals surface area contributed by atoms with Crippen molar-refractivity contribution in [2.75, 3.05) is 27.2 Å². The molecule has 2 heterocycles. The third-order valence-corrected chi connectivity index (χ3v) is 3.65. The number of imidazole rings is 1. The van der Waals surface area contributed by atoms with Crippen LogP contribution >= 0.6 is 0 Å². The number of carbonyl (C=O) groups excluding carboxylic acids is 1. The summed E-state index contributed by atoms with van der Waals surface area (Å²) in [5.74, 6) is 0.520. The number of ether oxygens (including phenoxy) is 1. The SMILES string of the molecule is CNC(=O)c1cn(-c2ccccc2OC)cn1.N#CN1CCCC1. The molecule has 1 aliphatic rings. The molecule has 126 valence electrons. The predicted octanol–water partition coefficient (Wildman–Crippen LogP) is 1.80. The summed E-state index contributed by atoms with van der Waals surface area (Å²) < 4.78 is 7.00. The van der Waals surface area contributed by atoms with Gasteiger partial charge in [0.05, 0.1) is 12.8 Å². The lowest BCUT2D eigenvalue weighted by Crippen LogP contribution is -2.17. The van der Waals surface area contributed by atoms with Crippen molar-refractivity contribution >= 4 is 5.91 Å². The number of nitrogens with zero attached hydrogens (tertiary/aromatic N) is 4. The normalized spacial score (nSPS) is 12.8. The molecule has 1 amide bonds. The standard InChI is InChI=1S/C12H13N3O2.C5H8N2/c1-13-12(16)9-7-15(8-14-9)10-5-3-4-6-11(10)17-2;6-5-7-3-1-2-4-7/h3-8H,1-2H3,(H,13,16);1-4H2. The number of para-hydroxylation sites is 2. The Bertz CT molecular complexity index is 714. The number of methoxy groups -OCH3 is 1. The molecule has 1 aliphatic heterocycles. The van der Waals surface area contributed by atoms with E-state index < -0.39 is 0 Å². The number of rotatable bonds is 3. The van der Waals surface area contributed by atoms with Crippen LogP contribution in [0.3, 0.4) is 0 Å². The maximum absolute atomic E-state index is 11.4. The van der Waals surface area contributed by atoms with E-state index in [1.807, 2.05) is 24.3 Å². The number of hydrogen-bond acceptors (Lipinski definition) is 5. The first-order chi connectivity index (χ1) is 11.7. The van der Waals surface area contributed by atoms with Crippen molar-refractivity contribution in [1.82, 2.24) is 19.8 Å². The maximum atomic E-state index is 11.4. The Kier molecular flexibility index (Phi) is 6.20. The highest BCUT2D eigenvalue weighted by Gasteiger charge is 2.10. The van der Waals surface area contributed by atoms with Crippen LogP contribution < -0.4 is 10.1 Å². The molecule has 1 fully saturated rings. The Morgan fingerprint density at radius 2 is 2.04 bits per heavy atom. The van der Waals surface area contributed by atoms with Crippen LogP contribution in [0, 0.1) is 11.5 Å². The van der Waals surface area contributed by atoms with Gasteiger partial charge < -0.3 is 19.5 Å². The minimum absolute atomic E-state index is 0.210. The van der Waals surface area contributed by atoms with Gasteiger partial charge in [-0.15, -0.1) is 0 Å². The zero-order valence-corrected chi connectivity index (χ0v) is 13.9. The van der Waals surface area contributed by atoms with Gasteiger partial charge in [0.15, 0.2) is 6.19 Å². The van der Waals surface area contributed by atoms with Gasteiger partial charge in [-0.25, -0.2) is 4.98 Å². The zero-order chi connectivity index (χ0) is 17.4. The second-order valence-electron chi connectivity index (χ2n) is 5.21. The molecule has 0 atom stereocenters. The molecule has 1 aromatic carbocycles. The number of likely N-dealkylation sites (tertiary alicyclic amines) is 1. The molecular formula is C17H21N5O2. The molecule has 24 heavy (non-hydrogen) atoms. The average molecular weight is 327 g/mol. The van der Waals surface area contributed by atoms with Gasteiger partial charge in [0, 0.05) is 26.3 Å². The summed E-state index contributed by atoms with van der Waals surface area (Å²) in [5, 5.41) is 10.8. The van der Waals surface area contributed by atoms with Crippen LogP contribution in [-0.4, -0.2) is 47.6 Å². The molecule has 0 aliphatic carbocycles. The number of carbonyl (C=O) groups is 1. The molecule has 1 saturated heterocycles. The molecule has 2 aromatic rings. The first-order valence-corrected chi connectivity index (χ1v) is 7.73. The maximum Gasteiger partial charge on any atom is 0.271 e. The largest absolute Gasteiger partial charge is 0.495 e. The van der Waals surface area contributed by atoms with Gasteiger partial charge in [-0.1, -0.05) is 12.1 Å². The molecule has 0 spiro atoms. The van der Waals surface area contributed by atoms with E-state index in [9.17, 15) is 4.79 Å². The van der Waals surface area contributed by atoms with Gasteiger partial charge in [-0.05, 0) is 25.0 Å². The fourth-order valence-corrected chi connectivity index (χ4v) is 2.36. The van der Waals surface area contributed by atoms with Gasteiger partial charge >= 0.3 is 0 Å². The van der Waals surface area contributed by atoms with Crippen molar-refractivity contribution in [3.63, 3.8) is 0 Å². The Hall–Kier alpha value is -3.01. The molecule has 0 unspecified atom stereocenters. The van der Waals surface area contributed by atoms with E-state index in [2.05, 4.69) is 16.5 Å². The Balaban J connectivity index is 0.000000249. The first kappa shape index (κ1) is 17.3. The van der Waals surface area contributed by atoms with Crippen LogP contribution in [0.1, 0.15) is 23.3 Å². The molecular weight excluding hydrogens is 306 g/mol. The van der Waals surface area contributed by atoms with E-state index in [0.717, 1.165) is 24.5 Å². The second kappa shape index (κ2) is 8.58. The van der Waals surface area contributed by atoms with E-state index in [0.29, 0.717) is 5.69 Å². The predicted molar refractivity (Wildman–Crippen MR) is 89.9 cm³/mol. The monoisotopic (exact) mass is 327 g/mol. The molecule has 7 nitrogen and oxygen atoms in total. The fraction of sp³-hybridized carbons (Fsp3) is 0.353. The van der Waals surface area contributed by atoms with E-state index in [1.54, 1.807) is 36.1 Å². The summed E-state index contributed by atoms with van der Waals surface area (Å²) in [4.78, 5) is 17.2. The van der Waals surface area contributed by atoms with Crippen molar-refractivity contribution < 1.29 is 9.53 Å². The van der Waals surface area contributed by atoms with Crippen LogP contribution in [0.25, 0.3) is 5.69 Å². The highest BCUT2D eigenvalue weighted by molar-refractivity contribution is 5.91. The summed E-state index contributed by atoms with van der Waals surface area (Å²) >= 11 is 0. The van der Waals surface area contributed by atoms with Crippen LogP contribution in [0.5, 0.6) is 5.75 Å². The summed E-state index contributed by atoms with van der Waals surface area (Å²) in [7, 11) is 3.18. The van der Waals surface area contributed by atoms with Gasteiger partial charge in [-0.2, -0.15) is 5.26 Å². The smallest absolute Gasteiger partial charge is 0.271 e. The number of amides is 1. The second-order valence-corrected chi connectivity index (χ2v) is 5.21. The Morgan fingerprint density at radius 3 is 2.62 bits per heavy atom. The quantitative estimate of drug-likeness (QED) is 0.869. The van der Waals surface area contributed by atoms with Crippen molar-refractivity contribution in [3.8, 4) is 17.6 Å². The first-order valence-electron chi connectivity index (χ1n) is 7.73. The highest BCUT2D eigenvalue weighted by Crippen LogP contribution is 2.21.